The van der Waals surface area contributed by atoms with Crippen LogP contribution in [0.3, 0.4) is 0 Å². The highest BCUT2D eigenvalue weighted by Crippen LogP contribution is 2.19. The first-order valence-corrected chi connectivity index (χ1v) is 6.20. The molecule has 0 radical (unpaired) electrons. The van der Waals surface area contributed by atoms with Crippen molar-refractivity contribution < 1.29 is 0 Å². The molecule has 1 aromatic rings. The Morgan fingerprint density at radius 2 is 2.29 bits per heavy atom. The van der Waals surface area contributed by atoms with Gasteiger partial charge in [-0.2, -0.15) is 5.26 Å². The van der Waals surface area contributed by atoms with Crippen LogP contribution in [0.15, 0.2) is 18.2 Å². The molecule has 0 atom stereocenters. The van der Waals surface area contributed by atoms with Gasteiger partial charge in [-0.05, 0) is 36.8 Å². The van der Waals surface area contributed by atoms with Crippen LogP contribution in [0.5, 0.6) is 0 Å². The molecule has 0 heterocycles. The second-order valence-electron chi connectivity index (χ2n) is 3.54. The topological polar surface area (TPSA) is 47.8 Å². The summed E-state index contributed by atoms with van der Waals surface area (Å²) in [4.78, 5) is 0. The van der Waals surface area contributed by atoms with Crippen molar-refractivity contribution in [3.8, 4) is 6.07 Å². The Balaban J connectivity index is 2.55. The molecule has 1 rings (SSSR count). The Bertz CT molecular complexity index is 440. The van der Waals surface area contributed by atoms with Gasteiger partial charge < -0.3 is 10.6 Å². The van der Waals surface area contributed by atoms with E-state index in [0.717, 1.165) is 25.1 Å². The molecule has 2 N–H and O–H groups in total. The van der Waals surface area contributed by atoms with Crippen LogP contribution in [-0.4, -0.2) is 11.7 Å². The van der Waals surface area contributed by atoms with Crippen LogP contribution in [0.25, 0.3) is 0 Å². The molecule has 0 aliphatic heterocycles. The molecule has 1 aromatic carbocycles. The first-order chi connectivity index (χ1) is 8.17. The van der Waals surface area contributed by atoms with Crippen LogP contribution in [-0.2, 0) is 0 Å². The quantitative estimate of drug-likeness (QED) is 0.649. The highest BCUT2D eigenvalue weighted by Gasteiger charge is 2.02. The van der Waals surface area contributed by atoms with Crippen LogP contribution < -0.4 is 10.6 Å². The zero-order chi connectivity index (χ0) is 12.7. The number of benzene rings is 1. The van der Waals surface area contributed by atoms with E-state index in [2.05, 4.69) is 17.6 Å². The molecule has 0 amide bonds. The van der Waals surface area contributed by atoms with Gasteiger partial charge in [-0.25, -0.2) is 0 Å². The average Bonchev–Trinajstić information content (AvgIpc) is 2.29. The zero-order valence-electron chi connectivity index (χ0n) is 9.59. The van der Waals surface area contributed by atoms with E-state index in [1.807, 2.05) is 6.07 Å². The van der Waals surface area contributed by atoms with Gasteiger partial charge in [-0.3, -0.25) is 0 Å². The summed E-state index contributed by atoms with van der Waals surface area (Å²) in [5, 5.41) is 15.8. The number of unbranched alkanes of at least 4 members (excludes halogenated alkanes) is 1. The van der Waals surface area contributed by atoms with Gasteiger partial charge in [0.15, 0.2) is 5.11 Å². The first-order valence-electron chi connectivity index (χ1n) is 5.42. The average molecular weight is 268 g/mol. The molecule has 0 aromatic heterocycles. The SMILES string of the molecule is CCCCNC(=S)Nc1ccc(C#N)c(Cl)c1. The number of thiocarbonyl (C=S) groups is 1. The number of hydrogen-bond acceptors (Lipinski definition) is 2. The predicted octanol–water partition coefficient (Wildman–Crippen LogP) is 3.30. The van der Waals surface area contributed by atoms with E-state index in [1.54, 1.807) is 18.2 Å². The number of halogens is 1. The van der Waals surface area contributed by atoms with Crippen molar-refractivity contribution in [3.05, 3.63) is 28.8 Å². The fraction of sp³-hybridized carbons (Fsp3) is 0.333. The lowest BCUT2D eigenvalue weighted by Gasteiger charge is -2.10. The highest BCUT2D eigenvalue weighted by atomic mass is 35.5. The Kier molecular flexibility index (Phi) is 5.75. The van der Waals surface area contributed by atoms with Gasteiger partial charge in [0.1, 0.15) is 6.07 Å². The second-order valence-corrected chi connectivity index (χ2v) is 4.36. The molecule has 0 aliphatic rings. The van der Waals surface area contributed by atoms with Gasteiger partial charge in [-0.1, -0.05) is 24.9 Å². The molecule has 5 heteroatoms. The first kappa shape index (κ1) is 13.8. The molecule has 0 fully saturated rings. The van der Waals surface area contributed by atoms with E-state index >= 15 is 0 Å². The molecular weight excluding hydrogens is 254 g/mol. The maximum absolute atomic E-state index is 8.74. The fourth-order valence-electron chi connectivity index (χ4n) is 1.24. The normalized spacial score (nSPS) is 9.47. The number of rotatable bonds is 4. The lowest BCUT2D eigenvalue weighted by Crippen LogP contribution is -2.29. The largest absolute Gasteiger partial charge is 0.362 e. The minimum absolute atomic E-state index is 0.425. The van der Waals surface area contributed by atoms with E-state index < -0.39 is 0 Å². The highest BCUT2D eigenvalue weighted by molar-refractivity contribution is 7.80. The standard InChI is InChI=1S/C12H14ClN3S/c1-2-3-6-15-12(17)16-10-5-4-9(8-14)11(13)7-10/h4-5,7H,2-3,6H2,1H3,(H2,15,16,17). The zero-order valence-corrected chi connectivity index (χ0v) is 11.2. The van der Waals surface area contributed by atoms with Crippen molar-refractivity contribution in [3.63, 3.8) is 0 Å². The third kappa shape index (κ3) is 4.59. The summed E-state index contributed by atoms with van der Waals surface area (Å²) in [6, 6.07) is 7.14. The van der Waals surface area contributed by atoms with E-state index in [-0.39, 0.29) is 0 Å². The van der Waals surface area contributed by atoms with E-state index in [9.17, 15) is 0 Å². The maximum Gasteiger partial charge on any atom is 0.170 e. The molecule has 0 spiro atoms. The van der Waals surface area contributed by atoms with Crippen LogP contribution in [0, 0.1) is 11.3 Å². The van der Waals surface area contributed by atoms with Gasteiger partial charge in [0.25, 0.3) is 0 Å². The number of nitrogens with zero attached hydrogens (tertiary/aromatic N) is 1. The van der Waals surface area contributed by atoms with Crippen molar-refractivity contribution in [2.24, 2.45) is 0 Å². The number of anilines is 1. The number of hydrogen-bond donors (Lipinski definition) is 2. The maximum atomic E-state index is 8.74. The molecule has 0 saturated carbocycles. The predicted molar refractivity (Wildman–Crippen MR) is 75.3 cm³/mol. The third-order valence-corrected chi connectivity index (χ3v) is 2.72. The Hall–Kier alpha value is -1.31. The van der Waals surface area contributed by atoms with Crippen molar-refractivity contribution in [2.75, 3.05) is 11.9 Å². The van der Waals surface area contributed by atoms with Gasteiger partial charge in [0, 0.05) is 12.2 Å². The van der Waals surface area contributed by atoms with Crippen LogP contribution >= 0.6 is 23.8 Å². The van der Waals surface area contributed by atoms with Crippen molar-refractivity contribution in [1.82, 2.24) is 5.32 Å². The van der Waals surface area contributed by atoms with E-state index in [0.29, 0.717) is 15.7 Å². The molecule has 0 bridgehead atoms. The fourth-order valence-corrected chi connectivity index (χ4v) is 1.68. The smallest absolute Gasteiger partial charge is 0.170 e. The Morgan fingerprint density at radius 3 is 2.88 bits per heavy atom. The summed E-state index contributed by atoms with van der Waals surface area (Å²) in [5.41, 5.74) is 1.24. The summed E-state index contributed by atoms with van der Waals surface area (Å²) in [7, 11) is 0. The second kappa shape index (κ2) is 7.10. The minimum atomic E-state index is 0.425. The lowest BCUT2D eigenvalue weighted by molar-refractivity contribution is 0.758. The molecule has 90 valence electrons. The van der Waals surface area contributed by atoms with Gasteiger partial charge in [0.2, 0.25) is 0 Å². The van der Waals surface area contributed by atoms with E-state index in [4.69, 9.17) is 29.1 Å². The summed E-state index contributed by atoms with van der Waals surface area (Å²) < 4.78 is 0. The molecular formula is C12H14ClN3S. The third-order valence-electron chi connectivity index (χ3n) is 2.16. The molecule has 17 heavy (non-hydrogen) atoms. The lowest BCUT2D eigenvalue weighted by atomic mass is 10.2. The molecule has 0 unspecified atom stereocenters. The van der Waals surface area contributed by atoms with Crippen molar-refractivity contribution in [1.29, 1.82) is 5.26 Å². The van der Waals surface area contributed by atoms with Gasteiger partial charge in [0.05, 0.1) is 10.6 Å². The van der Waals surface area contributed by atoms with Crippen LogP contribution in [0.4, 0.5) is 5.69 Å². The van der Waals surface area contributed by atoms with Crippen LogP contribution in [0.1, 0.15) is 25.3 Å². The number of nitriles is 1. The van der Waals surface area contributed by atoms with Gasteiger partial charge >= 0.3 is 0 Å². The van der Waals surface area contributed by atoms with Crippen LogP contribution in [0.2, 0.25) is 5.02 Å². The van der Waals surface area contributed by atoms with Crippen molar-refractivity contribution in [2.45, 2.75) is 19.8 Å². The van der Waals surface area contributed by atoms with Crippen molar-refractivity contribution >= 4 is 34.6 Å². The summed E-state index contributed by atoms with van der Waals surface area (Å²) in [6.45, 7) is 2.98. The molecule has 0 saturated heterocycles. The molecule has 0 aliphatic carbocycles. The summed E-state index contributed by atoms with van der Waals surface area (Å²) in [5.74, 6) is 0. The Morgan fingerprint density at radius 1 is 1.53 bits per heavy atom. The van der Waals surface area contributed by atoms with E-state index in [1.165, 1.54) is 0 Å². The summed E-state index contributed by atoms with van der Waals surface area (Å²) >= 11 is 11.0. The minimum Gasteiger partial charge on any atom is -0.362 e. The van der Waals surface area contributed by atoms with Gasteiger partial charge in [-0.15, -0.1) is 0 Å². The number of nitrogens with one attached hydrogen (secondary N) is 2. The Labute approximate surface area is 112 Å². The molecule has 3 nitrogen and oxygen atoms in total. The summed E-state index contributed by atoms with van der Waals surface area (Å²) in [6.07, 6.45) is 2.20. The monoisotopic (exact) mass is 267 g/mol.